The monoisotopic (exact) mass is 341 g/mol. The van der Waals surface area contributed by atoms with E-state index in [1.54, 1.807) is 11.3 Å². The molecule has 0 N–H and O–H groups in total. The van der Waals surface area contributed by atoms with Crippen molar-refractivity contribution in [3.05, 3.63) is 39.1 Å². The minimum absolute atomic E-state index is 0.295. The lowest BCUT2D eigenvalue weighted by molar-refractivity contribution is 0.802. The second-order valence-corrected chi connectivity index (χ2v) is 8.69. The van der Waals surface area contributed by atoms with Crippen molar-refractivity contribution in [2.24, 2.45) is 0 Å². The van der Waals surface area contributed by atoms with Gasteiger partial charge in [0.25, 0.3) is 0 Å². The lowest BCUT2D eigenvalue weighted by Gasteiger charge is -2.16. The summed E-state index contributed by atoms with van der Waals surface area (Å²) in [5.41, 5.74) is 2.26. The van der Waals surface area contributed by atoms with Crippen molar-refractivity contribution >= 4 is 39.0 Å². The second kappa shape index (κ2) is 5.76. The van der Waals surface area contributed by atoms with E-state index in [2.05, 4.69) is 66.3 Å². The van der Waals surface area contributed by atoms with Gasteiger partial charge < -0.3 is 0 Å². The molecule has 0 saturated heterocycles. The van der Waals surface area contributed by atoms with Crippen LogP contribution in [0.3, 0.4) is 0 Å². The van der Waals surface area contributed by atoms with E-state index in [1.165, 1.54) is 10.6 Å². The summed E-state index contributed by atoms with van der Waals surface area (Å²) in [6, 6.07) is 8.30. The maximum atomic E-state index is 4.70. The van der Waals surface area contributed by atoms with E-state index in [0.717, 1.165) is 15.9 Å². The van der Waals surface area contributed by atoms with Crippen LogP contribution in [-0.4, -0.2) is 9.73 Å². The van der Waals surface area contributed by atoms with Crippen molar-refractivity contribution in [3.63, 3.8) is 0 Å². The highest BCUT2D eigenvalue weighted by molar-refractivity contribution is 9.10. The van der Waals surface area contributed by atoms with Crippen LogP contribution in [0.4, 0.5) is 0 Å². The fourth-order valence-electron chi connectivity index (χ4n) is 1.41. The summed E-state index contributed by atoms with van der Waals surface area (Å²) in [4.78, 5) is 4.70. The number of rotatable bonds is 3. The fraction of sp³-hybridized carbons (Fsp3) is 0.357. The number of thioether (sulfide) groups is 1. The third-order valence-corrected chi connectivity index (χ3v) is 5.16. The standard InChI is InChI=1S/C14H16BrNS2/c1-14(2,3)18-9-13-16-12(8-17-13)10-4-6-11(15)7-5-10/h4-8H,9H2,1-3H3. The van der Waals surface area contributed by atoms with Crippen LogP contribution in [0.2, 0.25) is 0 Å². The van der Waals surface area contributed by atoms with Gasteiger partial charge in [-0.15, -0.1) is 23.1 Å². The van der Waals surface area contributed by atoms with E-state index < -0.39 is 0 Å². The van der Waals surface area contributed by atoms with Gasteiger partial charge >= 0.3 is 0 Å². The normalized spacial score (nSPS) is 11.8. The molecular weight excluding hydrogens is 326 g/mol. The highest BCUT2D eigenvalue weighted by Gasteiger charge is 2.12. The lowest BCUT2D eigenvalue weighted by Crippen LogP contribution is -2.07. The Morgan fingerprint density at radius 3 is 2.50 bits per heavy atom. The first-order valence-corrected chi connectivity index (χ1v) is 8.44. The molecule has 0 radical (unpaired) electrons. The van der Waals surface area contributed by atoms with Gasteiger partial charge in [-0.25, -0.2) is 4.98 Å². The smallest absolute Gasteiger partial charge is 0.103 e. The first-order chi connectivity index (χ1) is 8.44. The van der Waals surface area contributed by atoms with Crippen molar-refractivity contribution in [1.29, 1.82) is 0 Å². The number of nitrogens with zero attached hydrogens (tertiary/aromatic N) is 1. The molecule has 0 aliphatic rings. The molecule has 0 saturated carbocycles. The van der Waals surface area contributed by atoms with Gasteiger partial charge in [0.1, 0.15) is 5.01 Å². The van der Waals surface area contributed by atoms with Gasteiger partial charge in [-0.2, -0.15) is 0 Å². The number of halogens is 1. The first kappa shape index (κ1) is 14.1. The number of aromatic nitrogens is 1. The molecule has 0 aliphatic carbocycles. The second-order valence-electron chi connectivity index (χ2n) is 5.03. The summed E-state index contributed by atoms with van der Waals surface area (Å²) in [5.74, 6) is 0.991. The van der Waals surface area contributed by atoms with Crippen molar-refractivity contribution in [1.82, 2.24) is 4.98 Å². The van der Waals surface area contributed by atoms with Crippen molar-refractivity contribution in [3.8, 4) is 11.3 Å². The van der Waals surface area contributed by atoms with Crippen LogP contribution in [0.5, 0.6) is 0 Å². The molecule has 0 atom stereocenters. The molecule has 0 unspecified atom stereocenters. The molecule has 0 spiro atoms. The molecule has 0 aliphatic heterocycles. The summed E-state index contributed by atoms with van der Waals surface area (Å²) < 4.78 is 1.40. The van der Waals surface area contributed by atoms with E-state index in [0.29, 0.717) is 4.75 Å². The molecule has 1 aromatic heterocycles. The Kier molecular flexibility index (Phi) is 4.51. The Bertz CT molecular complexity index is 511. The molecular formula is C14H16BrNS2. The third-order valence-electron chi connectivity index (χ3n) is 2.32. The molecule has 2 aromatic rings. The summed E-state index contributed by atoms with van der Waals surface area (Å²) in [7, 11) is 0. The minimum atomic E-state index is 0.295. The SMILES string of the molecule is CC(C)(C)SCc1nc(-c2ccc(Br)cc2)cs1. The van der Waals surface area contributed by atoms with Crippen LogP contribution < -0.4 is 0 Å². The van der Waals surface area contributed by atoms with Crippen molar-refractivity contribution in [2.75, 3.05) is 0 Å². The fourth-order valence-corrected chi connectivity index (χ4v) is 3.33. The molecule has 1 aromatic carbocycles. The minimum Gasteiger partial charge on any atom is -0.240 e. The zero-order chi connectivity index (χ0) is 13.2. The van der Waals surface area contributed by atoms with Gasteiger partial charge in [0.15, 0.2) is 0 Å². The average Bonchev–Trinajstić information content (AvgIpc) is 2.75. The molecule has 4 heteroatoms. The number of hydrogen-bond donors (Lipinski definition) is 0. The maximum Gasteiger partial charge on any atom is 0.103 e. The highest BCUT2D eigenvalue weighted by atomic mass is 79.9. The van der Waals surface area contributed by atoms with E-state index in [4.69, 9.17) is 4.98 Å². The molecule has 18 heavy (non-hydrogen) atoms. The Balaban J connectivity index is 2.08. The van der Waals surface area contributed by atoms with Crippen LogP contribution in [0.25, 0.3) is 11.3 Å². The van der Waals surface area contributed by atoms with E-state index in [9.17, 15) is 0 Å². The number of thiazole rings is 1. The largest absolute Gasteiger partial charge is 0.240 e. The molecule has 1 heterocycles. The molecule has 0 fully saturated rings. The zero-order valence-corrected chi connectivity index (χ0v) is 14.0. The van der Waals surface area contributed by atoms with Gasteiger partial charge in [0.05, 0.1) is 5.69 Å². The van der Waals surface area contributed by atoms with Gasteiger partial charge in [0, 0.05) is 25.9 Å². The highest BCUT2D eigenvalue weighted by Crippen LogP contribution is 2.30. The van der Waals surface area contributed by atoms with Crippen LogP contribution >= 0.6 is 39.0 Å². The van der Waals surface area contributed by atoms with Gasteiger partial charge in [-0.1, -0.05) is 48.8 Å². The van der Waals surface area contributed by atoms with Gasteiger partial charge in [-0.05, 0) is 12.1 Å². The zero-order valence-electron chi connectivity index (χ0n) is 10.7. The van der Waals surface area contributed by atoms with E-state index in [1.807, 2.05) is 11.8 Å². The Morgan fingerprint density at radius 2 is 1.89 bits per heavy atom. The molecule has 0 bridgehead atoms. The Morgan fingerprint density at radius 1 is 1.22 bits per heavy atom. The Labute approximate surface area is 125 Å². The van der Waals surface area contributed by atoms with Gasteiger partial charge in [0.2, 0.25) is 0 Å². The summed E-state index contributed by atoms with van der Waals surface area (Å²) >= 11 is 7.13. The quantitative estimate of drug-likeness (QED) is 0.720. The van der Waals surface area contributed by atoms with Crippen LogP contribution in [0.15, 0.2) is 34.1 Å². The van der Waals surface area contributed by atoms with Crippen LogP contribution in [0, 0.1) is 0 Å². The Hall–Kier alpha value is -0.320. The topological polar surface area (TPSA) is 12.9 Å². The average molecular weight is 342 g/mol. The lowest BCUT2D eigenvalue weighted by atomic mass is 10.2. The third kappa shape index (κ3) is 4.11. The number of benzene rings is 1. The predicted octanol–water partition coefficient (Wildman–Crippen LogP) is 5.60. The molecule has 2 rings (SSSR count). The van der Waals surface area contributed by atoms with Crippen molar-refractivity contribution in [2.45, 2.75) is 31.3 Å². The molecule has 0 amide bonds. The summed E-state index contributed by atoms with van der Waals surface area (Å²) in [5, 5.41) is 3.34. The predicted molar refractivity (Wildman–Crippen MR) is 86.3 cm³/mol. The molecule has 96 valence electrons. The first-order valence-electron chi connectivity index (χ1n) is 5.78. The van der Waals surface area contributed by atoms with Crippen LogP contribution in [0.1, 0.15) is 25.8 Å². The van der Waals surface area contributed by atoms with E-state index in [-0.39, 0.29) is 0 Å². The maximum absolute atomic E-state index is 4.70. The van der Waals surface area contributed by atoms with Crippen LogP contribution in [-0.2, 0) is 5.75 Å². The van der Waals surface area contributed by atoms with Crippen molar-refractivity contribution < 1.29 is 0 Å². The summed E-state index contributed by atoms with van der Waals surface area (Å²) in [6.45, 7) is 6.71. The van der Waals surface area contributed by atoms with Gasteiger partial charge in [-0.3, -0.25) is 0 Å². The summed E-state index contributed by atoms with van der Waals surface area (Å²) in [6.07, 6.45) is 0. The molecule has 1 nitrogen and oxygen atoms in total. The number of hydrogen-bond acceptors (Lipinski definition) is 3. The van der Waals surface area contributed by atoms with E-state index >= 15 is 0 Å².